The Balaban J connectivity index is 2.42. The van der Waals surface area contributed by atoms with Gasteiger partial charge in [-0.25, -0.2) is 0 Å². The van der Waals surface area contributed by atoms with Crippen LogP contribution >= 0.6 is 0 Å². The molecule has 1 aromatic heterocycles. The lowest BCUT2D eigenvalue weighted by Crippen LogP contribution is -2.57. The van der Waals surface area contributed by atoms with Crippen molar-refractivity contribution in [2.75, 3.05) is 20.2 Å². The third-order valence-corrected chi connectivity index (χ3v) is 2.40. The summed E-state index contributed by atoms with van der Waals surface area (Å²) in [4.78, 5) is 0. The van der Waals surface area contributed by atoms with Crippen LogP contribution in [0.2, 0.25) is 0 Å². The second-order valence-corrected chi connectivity index (χ2v) is 3.32. The predicted molar refractivity (Wildman–Crippen MR) is 46.5 cm³/mol. The quantitative estimate of drug-likeness (QED) is 0.631. The standard InChI is InChI=1S/C8H13N3O2/c1-11-7(6(13-2)3-10-11)8(12)4-9-5-8/h3,9,12H,4-5H2,1-2H3. The molecule has 0 spiro atoms. The van der Waals surface area contributed by atoms with Crippen molar-refractivity contribution in [3.63, 3.8) is 0 Å². The van der Waals surface area contributed by atoms with Gasteiger partial charge in [0.2, 0.25) is 0 Å². The Hall–Kier alpha value is -1.07. The van der Waals surface area contributed by atoms with Gasteiger partial charge in [-0.05, 0) is 0 Å². The van der Waals surface area contributed by atoms with Gasteiger partial charge in [0.15, 0.2) is 5.75 Å². The number of β-amino-alcohol motifs (C(OH)–C–C–N with tert-alkyl or cyclic N) is 1. The summed E-state index contributed by atoms with van der Waals surface area (Å²) in [5, 5.41) is 17.1. The molecule has 0 unspecified atom stereocenters. The zero-order valence-corrected chi connectivity index (χ0v) is 7.74. The minimum Gasteiger partial charge on any atom is -0.493 e. The van der Waals surface area contributed by atoms with Crippen LogP contribution in [0.3, 0.4) is 0 Å². The SMILES string of the molecule is COc1cnn(C)c1C1(O)CNC1. The van der Waals surface area contributed by atoms with Gasteiger partial charge in [0.05, 0.1) is 13.3 Å². The number of nitrogens with one attached hydrogen (secondary N) is 1. The maximum Gasteiger partial charge on any atom is 0.163 e. The molecule has 1 fully saturated rings. The number of ether oxygens (including phenoxy) is 1. The van der Waals surface area contributed by atoms with E-state index in [4.69, 9.17) is 4.74 Å². The van der Waals surface area contributed by atoms with Gasteiger partial charge in [-0.3, -0.25) is 4.68 Å². The lowest BCUT2D eigenvalue weighted by Gasteiger charge is -2.37. The first-order valence-corrected chi connectivity index (χ1v) is 4.17. The lowest BCUT2D eigenvalue weighted by atomic mass is 9.92. The van der Waals surface area contributed by atoms with Gasteiger partial charge in [0.1, 0.15) is 11.3 Å². The van der Waals surface area contributed by atoms with Crippen molar-refractivity contribution in [2.45, 2.75) is 5.60 Å². The largest absolute Gasteiger partial charge is 0.493 e. The molecule has 0 aromatic carbocycles. The van der Waals surface area contributed by atoms with E-state index < -0.39 is 5.60 Å². The van der Waals surface area contributed by atoms with Crippen LogP contribution < -0.4 is 10.1 Å². The summed E-state index contributed by atoms with van der Waals surface area (Å²) in [6.07, 6.45) is 1.62. The van der Waals surface area contributed by atoms with E-state index in [0.717, 1.165) is 5.69 Å². The number of aliphatic hydroxyl groups is 1. The maximum absolute atomic E-state index is 10.1. The summed E-state index contributed by atoms with van der Waals surface area (Å²) in [6, 6.07) is 0. The molecule has 13 heavy (non-hydrogen) atoms. The first-order valence-electron chi connectivity index (χ1n) is 4.17. The third kappa shape index (κ3) is 1.12. The molecule has 2 rings (SSSR count). The van der Waals surface area contributed by atoms with Crippen molar-refractivity contribution in [1.29, 1.82) is 0 Å². The third-order valence-electron chi connectivity index (χ3n) is 2.40. The molecule has 1 aliphatic heterocycles. The molecule has 5 heteroatoms. The predicted octanol–water partition coefficient (Wildman–Crippen LogP) is -0.781. The number of aryl methyl sites for hydroxylation is 1. The molecule has 5 nitrogen and oxygen atoms in total. The van der Waals surface area contributed by atoms with Gasteiger partial charge >= 0.3 is 0 Å². The number of hydrogen-bond acceptors (Lipinski definition) is 4. The van der Waals surface area contributed by atoms with Gasteiger partial charge in [-0.2, -0.15) is 5.10 Å². The maximum atomic E-state index is 10.1. The average Bonchev–Trinajstić information content (AvgIpc) is 2.43. The van der Waals surface area contributed by atoms with Crippen molar-refractivity contribution in [1.82, 2.24) is 15.1 Å². The van der Waals surface area contributed by atoms with E-state index in [1.54, 1.807) is 25.0 Å². The van der Waals surface area contributed by atoms with E-state index in [2.05, 4.69) is 10.4 Å². The fraction of sp³-hybridized carbons (Fsp3) is 0.625. The van der Waals surface area contributed by atoms with Crippen LogP contribution in [0.1, 0.15) is 5.69 Å². The smallest absolute Gasteiger partial charge is 0.163 e. The molecule has 0 atom stereocenters. The fourth-order valence-corrected chi connectivity index (χ4v) is 1.63. The van der Waals surface area contributed by atoms with E-state index in [0.29, 0.717) is 18.8 Å². The van der Waals surface area contributed by atoms with E-state index in [1.807, 2.05) is 0 Å². The Morgan fingerprint density at radius 2 is 2.38 bits per heavy atom. The second-order valence-electron chi connectivity index (χ2n) is 3.32. The van der Waals surface area contributed by atoms with Gasteiger partial charge in [-0.15, -0.1) is 0 Å². The van der Waals surface area contributed by atoms with Crippen molar-refractivity contribution in [3.05, 3.63) is 11.9 Å². The van der Waals surface area contributed by atoms with E-state index >= 15 is 0 Å². The van der Waals surface area contributed by atoms with Crippen LogP contribution in [0.4, 0.5) is 0 Å². The number of nitrogens with zero attached hydrogens (tertiary/aromatic N) is 2. The minimum absolute atomic E-state index is 0.558. The highest BCUT2D eigenvalue weighted by atomic mass is 16.5. The zero-order valence-electron chi connectivity index (χ0n) is 7.74. The van der Waals surface area contributed by atoms with Gasteiger partial charge in [0.25, 0.3) is 0 Å². The Morgan fingerprint density at radius 1 is 1.69 bits per heavy atom. The van der Waals surface area contributed by atoms with Crippen molar-refractivity contribution < 1.29 is 9.84 Å². The molecule has 0 bridgehead atoms. The topological polar surface area (TPSA) is 59.3 Å². The zero-order chi connectivity index (χ0) is 9.47. The highest BCUT2D eigenvalue weighted by Crippen LogP contribution is 2.31. The Kier molecular flexibility index (Phi) is 1.78. The van der Waals surface area contributed by atoms with E-state index in [9.17, 15) is 5.11 Å². The molecule has 2 N–H and O–H groups in total. The molecule has 1 saturated heterocycles. The molecule has 0 saturated carbocycles. The Labute approximate surface area is 76.3 Å². The van der Waals surface area contributed by atoms with E-state index in [-0.39, 0.29) is 0 Å². The Bertz CT molecular complexity index is 317. The molecular formula is C8H13N3O2. The monoisotopic (exact) mass is 183 g/mol. The second kappa shape index (κ2) is 2.71. The summed E-state index contributed by atoms with van der Waals surface area (Å²) >= 11 is 0. The summed E-state index contributed by atoms with van der Waals surface area (Å²) in [7, 11) is 3.38. The molecule has 72 valence electrons. The Morgan fingerprint density at radius 3 is 2.85 bits per heavy atom. The molecular weight excluding hydrogens is 170 g/mol. The molecule has 1 aliphatic rings. The fourth-order valence-electron chi connectivity index (χ4n) is 1.63. The summed E-state index contributed by atoms with van der Waals surface area (Å²) < 4.78 is 6.77. The van der Waals surface area contributed by atoms with Crippen LogP contribution in [-0.4, -0.2) is 35.1 Å². The molecule has 0 amide bonds. The number of methoxy groups -OCH3 is 1. The molecule has 0 radical (unpaired) electrons. The highest BCUT2D eigenvalue weighted by molar-refractivity contribution is 5.33. The van der Waals surface area contributed by atoms with Gasteiger partial charge in [-0.1, -0.05) is 0 Å². The minimum atomic E-state index is -0.809. The van der Waals surface area contributed by atoms with Crippen molar-refractivity contribution >= 4 is 0 Å². The molecule has 1 aromatic rings. The van der Waals surface area contributed by atoms with Gasteiger partial charge in [0, 0.05) is 20.1 Å². The summed E-state index contributed by atoms with van der Waals surface area (Å²) in [6.45, 7) is 1.12. The highest BCUT2D eigenvalue weighted by Gasteiger charge is 2.41. The van der Waals surface area contributed by atoms with Crippen molar-refractivity contribution in [3.8, 4) is 5.75 Å². The van der Waals surface area contributed by atoms with Crippen LogP contribution in [0.25, 0.3) is 0 Å². The number of rotatable bonds is 2. The van der Waals surface area contributed by atoms with Crippen LogP contribution in [0.15, 0.2) is 6.20 Å². The molecule has 2 heterocycles. The first kappa shape index (κ1) is 8.52. The van der Waals surface area contributed by atoms with Crippen LogP contribution in [0, 0.1) is 0 Å². The first-order chi connectivity index (χ1) is 6.17. The summed E-state index contributed by atoms with van der Waals surface area (Å²) in [5.74, 6) is 0.645. The van der Waals surface area contributed by atoms with Crippen molar-refractivity contribution in [2.24, 2.45) is 7.05 Å². The van der Waals surface area contributed by atoms with Gasteiger partial charge < -0.3 is 15.2 Å². The number of aromatic nitrogens is 2. The summed E-state index contributed by atoms with van der Waals surface area (Å²) in [5.41, 5.74) is -0.0647. The normalized spacial score (nSPS) is 19.6. The average molecular weight is 183 g/mol. The van der Waals surface area contributed by atoms with Crippen LogP contribution in [-0.2, 0) is 12.6 Å². The number of hydrogen-bond donors (Lipinski definition) is 2. The van der Waals surface area contributed by atoms with E-state index in [1.165, 1.54) is 0 Å². The lowest BCUT2D eigenvalue weighted by molar-refractivity contribution is -0.0235. The molecule has 0 aliphatic carbocycles. The van der Waals surface area contributed by atoms with Crippen LogP contribution in [0.5, 0.6) is 5.75 Å².